The van der Waals surface area contributed by atoms with Crippen molar-refractivity contribution in [3.63, 3.8) is 0 Å². The van der Waals surface area contributed by atoms with E-state index in [2.05, 4.69) is 0 Å². The molecule has 0 amide bonds. The SMILES string of the molecule is CC(C)OC(C)c1cc(C(F)(F)F)c(C(F)(F)F)[nH]1. The first-order valence-corrected chi connectivity index (χ1v) is 5.45. The third-order valence-corrected chi connectivity index (χ3v) is 2.34. The van der Waals surface area contributed by atoms with Crippen molar-refractivity contribution in [2.45, 2.75) is 45.3 Å². The zero-order chi connectivity index (χ0) is 15.0. The smallest absolute Gasteiger partial charge is 0.370 e. The Bertz CT molecular complexity index is 400. The summed E-state index contributed by atoms with van der Waals surface area (Å²) in [6, 6.07) is 0.440. The summed E-state index contributed by atoms with van der Waals surface area (Å²) in [7, 11) is 0. The molecule has 0 saturated carbocycles. The molecule has 0 saturated heterocycles. The molecule has 0 aliphatic carbocycles. The minimum atomic E-state index is -5.10. The Morgan fingerprint density at radius 2 is 1.53 bits per heavy atom. The van der Waals surface area contributed by atoms with Crippen molar-refractivity contribution >= 4 is 0 Å². The van der Waals surface area contributed by atoms with Gasteiger partial charge in [-0.1, -0.05) is 0 Å². The number of H-pyrrole nitrogens is 1. The van der Waals surface area contributed by atoms with Crippen LogP contribution in [0.25, 0.3) is 0 Å². The molecule has 0 fully saturated rings. The number of ether oxygens (including phenoxy) is 1. The molecule has 1 atom stereocenters. The van der Waals surface area contributed by atoms with Gasteiger partial charge in [0, 0.05) is 5.69 Å². The number of alkyl halides is 6. The zero-order valence-corrected chi connectivity index (χ0v) is 10.4. The molecule has 8 heteroatoms. The van der Waals surface area contributed by atoms with Crippen LogP contribution in [0.3, 0.4) is 0 Å². The number of hydrogen-bond acceptors (Lipinski definition) is 1. The first-order chi connectivity index (χ1) is 8.43. The summed E-state index contributed by atoms with van der Waals surface area (Å²) < 4.78 is 80.5. The lowest BCUT2D eigenvalue weighted by atomic mass is 10.2. The van der Waals surface area contributed by atoms with Crippen LogP contribution in [0.5, 0.6) is 0 Å². The summed E-state index contributed by atoms with van der Waals surface area (Å²) in [5, 5.41) is 0. The first kappa shape index (κ1) is 15.9. The molecule has 0 aromatic carbocycles. The summed E-state index contributed by atoms with van der Waals surface area (Å²) in [5.74, 6) is 0. The Morgan fingerprint density at radius 3 is 1.84 bits per heavy atom. The van der Waals surface area contributed by atoms with Crippen molar-refractivity contribution in [3.8, 4) is 0 Å². The molecule has 0 radical (unpaired) electrons. The van der Waals surface area contributed by atoms with E-state index in [1.54, 1.807) is 18.8 Å². The van der Waals surface area contributed by atoms with Crippen LogP contribution in [-0.4, -0.2) is 11.1 Å². The molecule has 0 spiro atoms. The van der Waals surface area contributed by atoms with Crippen LogP contribution in [0.1, 0.15) is 43.8 Å². The fraction of sp³-hybridized carbons (Fsp3) is 0.636. The summed E-state index contributed by atoms with van der Waals surface area (Å²) in [4.78, 5) is 1.76. The normalized spacial score (nSPS) is 15.1. The first-order valence-electron chi connectivity index (χ1n) is 5.45. The second kappa shape index (κ2) is 5.07. The van der Waals surface area contributed by atoms with Crippen LogP contribution in [0.2, 0.25) is 0 Å². The van der Waals surface area contributed by atoms with Gasteiger partial charge in [-0.25, -0.2) is 0 Å². The molecule has 1 N–H and O–H groups in total. The average molecular weight is 289 g/mol. The van der Waals surface area contributed by atoms with Crippen LogP contribution in [0.4, 0.5) is 26.3 Å². The van der Waals surface area contributed by atoms with E-state index in [9.17, 15) is 26.3 Å². The van der Waals surface area contributed by atoms with E-state index in [-0.39, 0.29) is 11.8 Å². The molecule has 1 aromatic rings. The number of halogens is 6. The monoisotopic (exact) mass is 289 g/mol. The van der Waals surface area contributed by atoms with Gasteiger partial charge in [-0.05, 0) is 26.8 Å². The topological polar surface area (TPSA) is 25.0 Å². The standard InChI is InChI=1S/C11H13F6NO/c1-5(2)19-6(3)8-4-7(10(12,13)14)9(18-8)11(15,16)17/h4-6,18H,1-3H3. The summed E-state index contributed by atoms with van der Waals surface area (Å²) in [6.07, 6.45) is -11.4. The summed E-state index contributed by atoms with van der Waals surface area (Å²) in [6.45, 7) is 4.65. The molecule has 1 aromatic heterocycles. The van der Waals surface area contributed by atoms with Gasteiger partial charge in [-0.3, -0.25) is 0 Å². The second-order valence-electron chi connectivity index (χ2n) is 4.34. The van der Waals surface area contributed by atoms with E-state index in [1.807, 2.05) is 0 Å². The number of aromatic amines is 1. The number of rotatable bonds is 3. The van der Waals surface area contributed by atoms with E-state index in [4.69, 9.17) is 4.74 Å². The second-order valence-corrected chi connectivity index (χ2v) is 4.34. The quantitative estimate of drug-likeness (QED) is 0.812. The van der Waals surface area contributed by atoms with Crippen LogP contribution >= 0.6 is 0 Å². The Labute approximate surface area is 105 Å². The van der Waals surface area contributed by atoms with Crippen LogP contribution in [0, 0.1) is 0 Å². The maximum absolute atomic E-state index is 12.6. The lowest BCUT2D eigenvalue weighted by Gasteiger charge is -2.14. The largest absolute Gasteiger partial charge is 0.431 e. The average Bonchev–Trinajstić information content (AvgIpc) is 2.58. The van der Waals surface area contributed by atoms with Crippen LogP contribution in [-0.2, 0) is 17.1 Å². The molecule has 1 rings (SSSR count). The van der Waals surface area contributed by atoms with E-state index < -0.39 is 29.7 Å². The van der Waals surface area contributed by atoms with E-state index in [0.717, 1.165) is 0 Å². The van der Waals surface area contributed by atoms with Crippen molar-refractivity contribution in [2.24, 2.45) is 0 Å². The van der Waals surface area contributed by atoms with Gasteiger partial charge >= 0.3 is 12.4 Å². The predicted octanol–water partition coefficient (Wildman–Crippen LogP) is 4.54. The van der Waals surface area contributed by atoms with Crippen LogP contribution in [0.15, 0.2) is 6.07 Å². The summed E-state index contributed by atoms with van der Waals surface area (Å²) >= 11 is 0. The minimum Gasteiger partial charge on any atom is -0.370 e. The van der Waals surface area contributed by atoms with E-state index >= 15 is 0 Å². The molecular formula is C11H13F6NO. The molecule has 0 aliphatic rings. The Hall–Kier alpha value is -1.18. The van der Waals surface area contributed by atoms with Gasteiger partial charge in [0.15, 0.2) is 0 Å². The van der Waals surface area contributed by atoms with Crippen molar-refractivity contribution in [2.75, 3.05) is 0 Å². The van der Waals surface area contributed by atoms with Gasteiger partial charge in [0.05, 0.1) is 17.8 Å². The van der Waals surface area contributed by atoms with Gasteiger partial charge in [-0.2, -0.15) is 26.3 Å². The highest BCUT2D eigenvalue weighted by molar-refractivity contribution is 5.31. The predicted molar refractivity (Wildman–Crippen MR) is 55.4 cm³/mol. The van der Waals surface area contributed by atoms with Gasteiger partial charge < -0.3 is 9.72 Å². The third-order valence-electron chi connectivity index (χ3n) is 2.34. The van der Waals surface area contributed by atoms with Gasteiger partial charge in [0.25, 0.3) is 0 Å². The highest BCUT2D eigenvalue weighted by Gasteiger charge is 2.45. The molecule has 0 aliphatic heterocycles. The van der Waals surface area contributed by atoms with Gasteiger partial charge in [0.1, 0.15) is 5.69 Å². The van der Waals surface area contributed by atoms with Crippen molar-refractivity contribution in [1.82, 2.24) is 4.98 Å². The van der Waals surface area contributed by atoms with Gasteiger partial charge in [0.2, 0.25) is 0 Å². The lowest BCUT2D eigenvalue weighted by molar-refractivity contribution is -0.163. The lowest BCUT2D eigenvalue weighted by Crippen LogP contribution is -2.15. The molecule has 0 bridgehead atoms. The maximum atomic E-state index is 12.6. The minimum absolute atomic E-state index is 0.256. The van der Waals surface area contributed by atoms with E-state index in [1.165, 1.54) is 6.92 Å². The Kier molecular flexibility index (Phi) is 4.23. The molecular weight excluding hydrogens is 276 g/mol. The van der Waals surface area contributed by atoms with Crippen LogP contribution < -0.4 is 0 Å². The molecule has 110 valence electrons. The molecule has 1 unspecified atom stereocenters. The highest BCUT2D eigenvalue weighted by atomic mass is 19.4. The van der Waals surface area contributed by atoms with Crippen molar-refractivity contribution < 1.29 is 31.1 Å². The highest BCUT2D eigenvalue weighted by Crippen LogP contribution is 2.41. The molecule has 2 nitrogen and oxygen atoms in total. The zero-order valence-electron chi connectivity index (χ0n) is 10.4. The molecule has 1 heterocycles. The molecule has 19 heavy (non-hydrogen) atoms. The van der Waals surface area contributed by atoms with Crippen molar-refractivity contribution in [3.05, 3.63) is 23.0 Å². The summed E-state index contributed by atoms with van der Waals surface area (Å²) in [5.41, 5.74) is -3.78. The number of aromatic nitrogens is 1. The fourth-order valence-corrected chi connectivity index (χ4v) is 1.62. The number of nitrogens with one attached hydrogen (secondary N) is 1. The third kappa shape index (κ3) is 3.89. The van der Waals surface area contributed by atoms with Crippen molar-refractivity contribution in [1.29, 1.82) is 0 Å². The number of hydrogen-bond donors (Lipinski definition) is 1. The fourth-order valence-electron chi connectivity index (χ4n) is 1.62. The Balaban J connectivity index is 3.22. The Morgan fingerprint density at radius 1 is 1.00 bits per heavy atom. The van der Waals surface area contributed by atoms with E-state index in [0.29, 0.717) is 6.07 Å². The maximum Gasteiger partial charge on any atom is 0.431 e. The van der Waals surface area contributed by atoms with Gasteiger partial charge in [-0.15, -0.1) is 0 Å².